The summed E-state index contributed by atoms with van der Waals surface area (Å²) in [5, 5.41) is 7.32. The van der Waals surface area contributed by atoms with Crippen LogP contribution in [-0.2, 0) is 0 Å². The minimum absolute atomic E-state index is 0.897. The van der Waals surface area contributed by atoms with Gasteiger partial charge in [0.15, 0.2) is 0 Å². The summed E-state index contributed by atoms with van der Waals surface area (Å²) < 4.78 is 8.87. The molecule has 258 valence electrons. The van der Waals surface area contributed by atoms with Gasteiger partial charge in [0.25, 0.3) is 0 Å². The monoisotopic (exact) mass is 719 g/mol. The lowest BCUT2D eigenvalue weighted by atomic mass is 9.98. The second-order valence-electron chi connectivity index (χ2n) is 14.1. The van der Waals surface area contributed by atoms with E-state index in [4.69, 9.17) is 4.42 Å². The number of benzene rings is 9. The number of para-hydroxylation sites is 1. The number of furan rings is 1. The molecule has 0 N–H and O–H groups in total. The molecule has 0 spiro atoms. The lowest BCUT2D eigenvalue weighted by Gasteiger charge is -2.27. The number of hydrogen-bond donors (Lipinski definition) is 0. The molecule has 0 fully saturated rings. The topological polar surface area (TPSA) is 16.4 Å². The number of thiophene rings is 1. The Morgan fingerprint density at radius 3 is 1.84 bits per heavy atom. The van der Waals surface area contributed by atoms with Gasteiger partial charge in [-0.1, -0.05) is 152 Å². The molecular formula is C52H33NOS. The van der Waals surface area contributed by atoms with Gasteiger partial charge in [-0.15, -0.1) is 11.3 Å². The molecule has 2 nitrogen and oxygen atoms in total. The Kier molecular flexibility index (Phi) is 7.39. The van der Waals surface area contributed by atoms with E-state index in [9.17, 15) is 0 Å². The first kappa shape index (κ1) is 31.6. The fraction of sp³-hybridized carbons (Fsp3) is 0. The van der Waals surface area contributed by atoms with Crippen molar-refractivity contribution < 1.29 is 4.42 Å². The van der Waals surface area contributed by atoms with Gasteiger partial charge in [0, 0.05) is 37.6 Å². The van der Waals surface area contributed by atoms with Crippen LogP contribution in [0.2, 0.25) is 0 Å². The first-order valence-corrected chi connectivity index (χ1v) is 19.5. The van der Waals surface area contributed by atoms with Crippen LogP contribution in [0.5, 0.6) is 0 Å². The molecular weight excluding hydrogens is 687 g/mol. The Balaban J connectivity index is 1.09. The van der Waals surface area contributed by atoms with Crippen LogP contribution in [0.1, 0.15) is 0 Å². The van der Waals surface area contributed by atoms with Crippen LogP contribution in [0, 0.1) is 0 Å². The minimum Gasteiger partial charge on any atom is -0.456 e. The normalized spacial score (nSPS) is 11.6. The van der Waals surface area contributed by atoms with Gasteiger partial charge in [0.1, 0.15) is 11.2 Å². The molecule has 0 radical (unpaired) electrons. The summed E-state index contributed by atoms with van der Waals surface area (Å²) in [4.78, 5) is 2.43. The van der Waals surface area contributed by atoms with Crippen LogP contribution in [-0.4, -0.2) is 0 Å². The van der Waals surface area contributed by atoms with Crippen molar-refractivity contribution in [2.24, 2.45) is 0 Å². The third-order valence-corrected chi connectivity index (χ3v) is 12.1. The highest BCUT2D eigenvalue weighted by Crippen LogP contribution is 2.48. The van der Waals surface area contributed by atoms with Gasteiger partial charge in [0.05, 0.1) is 10.4 Å². The van der Waals surface area contributed by atoms with Crippen LogP contribution < -0.4 is 4.90 Å². The van der Waals surface area contributed by atoms with E-state index in [1.165, 1.54) is 53.2 Å². The molecule has 0 saturated heterocycles. The van der Waals surface area contributed by atoms with Crippen molar-refractivity contribution in [2.75, 3.05) is 4.90 Å². The van der Waals surface area contributed by atoms with Crippen molar-refractivity contribution >= 4 is 81.3 Å². The quantitative estimate of drug-likeness (QED) is 0.170. The average Bonchev–Trinajstić information content (AvgIpc) is 3.83. The average molecular weight is 720 g/mol. The first-order valence-electron chi connectivity index (χ1n) is 18.7. The first-order chi connectivity index (χ1) is 27.3. The standard InChI is InChI=1S/C52H33NOS/c1-2-12-35(13-3-1)43-21-10-22-46-47-23-11-24-48(52(47)55-51(43)46)53(39-29-26-36(27-30-39)42-20-9-15-34-14-4-5-18-41(34)42)40-17-8-16-37(32-40)38-28-31-45-44-19-6-7-25-49(44)54-50(45)33-38/h1-33H. The summed E-state index contributed by atoms with van der Waals surface area (Å²) in [5.41, 5.74) is 12.3. The maximum absolute atomic E-state index is 6.31. The van der Waals surface area contributed by atoms with Crippen molar-refractivity contribution in [2.45, 2.75) is 0 Å². The zero-order valence-electron chi connectivity index (χ0n) is 29.8. The summed E-state index contributed by atoms with van der Waals surface area (Å²) in [6, 6.07) is 72.2. The van der Waals surface area contributed by atoms with Crippen molar-refractivity contribution in [1.82, 2.24) is 0 Å². The van der Waals surface area contributed by atoms with Crippen molar-refractivity contribution in [3.8, 4) is 33.4 Å². The summed E-state index contributed by atoms with van der Waals surface area (Å²) in [5.74, 6) is 0. The van der Waals surface area contributed by atoms with Gasteiger partial charge in [-0.25, -0.2) is 0 Å². The Labute approximate surface area is 322 Å². The van der Waals surface area contributed by atoms with E-state index in [0.29, 0.717) is 0 Å². The molecule has 0 aliphatic heterocycles. The summed E-state index contributed by atoms with van der Waals surface area (Å²) in [7, 11) is 0. The molecule has 11 rings (SSSR count). The van der Waals surface area contributed by atoms with E-state index >= 15 is 0 Å². The number of fused-ring (bicyclic) bond motifs is 7. The fourth-order valence-electron chi connectivity index (χ4n) is 8.25. The van der Waals surface area contributed by atoms with E-state index in [1.807, 2.05) is 23.5 Å². The summed E-state index contributed by atoms with van der Waals surface area (Å²) in [6.45, 7) is 0. The molecule has 0 aliphatic rings. The van der Waals surface area contributed by atoms with Crippen LogP contribution in [0.3, 0.4) is 0 Å². The number of rotatable bonds is 6. The zero-order valence-corrected chi connectivity index (χ0v) is 30.6. The van der Waals surface area contributed by atoms with Gasteiger partial charge in [0.2, 0.25) is 0 Å². The molecule has 0 amide bonds. The van der Waals surface area contributed by atoms with E-state index in [2.05, 4.69) is 193 Å². The highest BCUT2D eigenvalue weighted by molar-refractivity contribution is 7.27. The maximum atomic E-state index is 6.31. The minimum atomic E-state index is 0.897. The molecule has 0 bridgehead atoms. The van der Waals surface area contributed by atoms with E-state index < -0.39 is 0 Å². The Morgan fingerprint density at radius 1 is 0.345 bits per heavy atom. The lowest BCUT2D eigenvalue weighted by Crippen LogP contribution is -2.10. The Bertz CT molecular complexity index is 3200. The number of hydrogen-bond acceptors (Lipinski definition) is 3. The second kappa shape index (κ2) is 12.9. The zero-order chi connectivity index (χ0) is 36.3. The van der Waals surface area contributed by atoms with Crippen molar-refractivity contribution in [3.05, 3.63) is 200 Å². The Morgan fingerprint density at radius 2 is 0.945 bits per heavy atom. The fourth-order valence-corrected chi connectivity index (χ4v) is 9.59. The van der Waals surface area contributed by atoms with Crippen LogP contribution >= 0.6 is 11.3 Å². The van der Waals surface area contributed by atoms with Crippen LogP contribution in [0.25, 0.3) is 86.3 Å². The third kappa shape index (κ3) is 5.32. The largest absolute Gasteiger partial charge is 0.456 e. The van der Waals surface area contributed by atoms with E-state index in [1.54, 1.807) is 0 Å². The van der Waals surface area contributed by atoms with Gasteiger partial charge < -0.3 is 9.32 Å². The van der Waals surface area contributed by atoms with Gasteiger partial charge in [-0.05, 0) is 92.7 Å². The van der Waals surface area contributed by atoms with Crippen molar-refractivity contribution in [1.29, 1.82) is 0 Å². The predicted octanol–water partition coefficient (Wildman–Crippen LogP) is 15.6. The molecule has 55 heavy (non-hydrogen) atoms. The van der Waals surface area contributed by atoms with Crippen LogP contribution in [0.4, 0.5) is 17.1 Å². The molecule has 11 aromatic rings. The van der Waals surface area contributed by atoms with Gasteiger partial charge in [-0.2, -0.15) is 0 Å². The number of anilines is 3. The molecule has 0 unspecified atom stereocenters. The molecule has 0 aliphatic carbocycles. The molecule has 2 heterocycles. The van der Waals surface area contributed by atoms with Gasteiger partial charge >= 0.3 is 0 Å². The van der Waals surface area contributed by atoms with Crippen LogP contribution in [0.15, 0.2) is 205 Å². The molecule has 2 aromatic heterocycles. The lowest BCUT2D eigenvalue weighted by molar-refractivity contribution is 0.669. The van der Waals surface area contributed by atoms with E-state index in [0.717, 1.165) is 50.1 Å². The Hall–Kier alpha value is -6.94. The van der Waals surface area contributed by atoms with E-state index in [-0.39, 0.29) is 0 Å². The molecule has 9 aromatic carbocycles. The predicted molar refractivity (Wildman–Crippen MR) is 235 cm³/mol. The van der Waals surface area contributed by atoms with Gasteiger partial charge in [-0.3, -0.25) is 0 Å². The smallest absolute Gasteiger partial charge is 0.136 e. The maximum Gasteiger partial charge on any atom is 0.136 e. The highest BCUT2D eigenvalue weighted by atomic mass is 32.1. The third-order valence-electron chi connectivity index (χ3n) is 10.9. The molecule has 0 atom stereocenters. The molecule has 0 saturated carbocycles. The highest BCUT2D eigenvalue weighted by Gasteiger charge is 2.20. The SMILES string of the molecule is c1ccc(-c2cccc3c2sc2c(N(c4ccc(-c5cccc6ccccc56)cc4)c4cccc(-c5ccc6c(c5)oc5ccccc56)c4)cccc23)cc1. The van der Waals surface area contributed by atoms with Crippen molar-refractivity contribution in [3.63, 3.8) is 0 Å². The summed E-state index contributed by atoms with van der Waals surface area (Å²) in [6.07, 6.45) is 0. The summed E-state index contributed by atoms with van der Waals surface area (Å²) >= 11 is 1.88. The second-order valence-corrected chi connectivity index (χ2v) is 15.1. The number of nitrogens with zero attached hydrogens (tertiary/aromatic N) is 1. The molecule has 3 heteroatoms.